The van der Waals surface area contributed by atoms with Gasteiger partial charge in [0.15, 0.2) is 0 Å². The molecule has 7 nitrogen and oxygen atoms in total. The topological polar surface area (TPSA) is 86.8 Å². The van der Waals surface area contributed by atoms with Crippen molar-refractivity contribution in [2.45, 2.75) is 13.3 Å². The van der Waals surface area contributed by atoms with Crippen LogP contribution in [-0.4, -0.2) is 46.6 Å². The van der Waals surface area contributed by atoms with E-state index in [9.17, 15) is 19.2 Å². The van der Waals surface area contributed by atoms with Crippen molar-refractivity contribution in [3.05, 3.63) is 30.3 Å². The minimum absolute atomic E-state index is 0.167. The first-order valence-corrected chi connectivity index (χ1v) is 6.56. The van der Waals surface area contributed by atoms with Gasteiger partial charge in [-0.25, -0.2) is 9.69 Å². The molecule has 0 aromatic heterocycles. The molecule has 1 saturated heterocycles. The Balaban J connectivity index is 2.02. The van der Waals surface area contributed by atoms with Crippen LogP contribution in [0.5, 0.6) is 0 Å². The van der Waals surface area contributed by atoms with Crippen LogP contribution in [0.4, 0.5) is 10.5 Å². The van der Waals surface area contributed by atoms with Crippen LogP contribution in [0.1, 0.15) is 13.3 Å². The molecule has 0 radical (unpaired) electrons. The lowest BCUT2D eigenvalue weighted by atomic mass is 10.3. The summed E-state index contributed by atoms with van der Waals surface area (Å²) in [5.74, 6) is -2.37. The second-order valence-corrected chi connectivity index (χ2v) is 4.54. The van der Waals surface area contributed by atoms with E-state index in [1.54, 1.807) is 37.3 Å². The fourth-order valence-electron chi connectivity index (χ4n) is 1.98. The molecule has 5 amide bonds. The van der Waals surface area contributed by atoms with Crippen LogP contribution in [0.3, 0.4) is 0 Å². The van der Waals surface area contributed by atoms with Gasteiger partial charge in [-0.15, -0.1) is 0 Å². The van der Waals surface area contributed by atoms with Crippen LogP contribution in [-0.2, 0) is 14.4 Å². The average molecular weight is 289 g/mol. The number of carbonyl (C=O) groups is 4. The quantitative estimate of drug-likeness (QED) is 0.642. The molecule has 1 N–H and O–H groups in total. The highest BCUT2D eigenvalue weighted by atomic mass is 16.2. The smallest absolute Gasteiger partial charge is 0.325 e. The van der Waals surface area contributed by atoms with E-state index in [0.717, 1.165) is 4.90 Å². The van der Waals surface area contributed by atoms with Crippen molar-refractivity contribution < 1.29 is 19.2 Å². The Labute approximate surface area is 121 Å². The van der Waals surface area contributed by atoms with Crippen molar-refractivity contribution in [1.82, 2.24) is 9.80 Å². The van der Waals surface area contributed by atoms with Gasteiger partial charge in [-0.1, -0.05) is 25.1 Å². The van der Waals surface area contributed by atoms with E-state index < -0.39 is 30.3 Å². The van der Waals surface area contributed by atoms with Crippen LogP contribution in [0, 0.1) is 0 Å². The predicted octanol–water partition coefficient (Wildman–Crippen LogP) is 0.826. The normalized spacial score (nSPS) is 14.8. The zero-order chi connectivity index (χ0) is 15.4. The van der Waals surface area contributed by atoms with Crippen LogP contribution >= 0.6 is 0 Å². The van der Waals surface area contributed by atoms with Gasteiger partial charge in [0.05, 0.1) is 0 Å². The van der Waals surface area contributed by atoms with Crippen LogP contribution in [0.15, 0.2) is 30.3 Å². The van der Waals surface area contributed by atoms with Gasteiger partial charge in [-0.3, -0.25) is 19.3 Å². The highest BCUT2D eigenvalue weighted by Crippen LogP contribution is 2.13. The molecule has 1 heterocycles. The first kappa shape index (κ1) is 14.7. The SMILES string of the molecule is CCCN1C(=O)C(=O)N(CC(=O)Nc2ccccc2)C1=O. The predicted molar refractivity (Wildman–Crippen MR) is 74.2 cm³/mol. The number of para-hydroxylation sites is 1. The van der Waals surface area contributed by atoms with Gasteiger partial charge in [0.25, 0.3) is 0 Å². The summed E-state index contributed by atoms with van der Waals surface area (Å²) in [5, 5.41) is 2.56. The molecule has 2 rings (SSSR count). The lowest BCUT2D eigenvalue weighted by molar-refractivity contribution is -0.143. The fourth-order valence-corrected chi connectivity index (χ4v) is 1.98. The number of hydrogen-bond donors (Lipinski definition) is 1. The molecule has 1 aromatic carbocycles. The lowest BCUT2D eigenvalue weighted by Crippen LogP contribution is -2.39. The number of carbonyl (C=O) groups excluding carboxylic acids is 4. The van der Waals surface area contributed by atoms with Gasteiger partial charge in [-0.05, 0) is 18.6 Å². The molecule has 0 aliphatic carbocycles. The highest BCUT2D eigenvalue weighted by molar-refractivity contribution is 6.45. The zero-order valence-electron chi connectivity index (χ0n) is 11.5. The largest absolute Gasteiger partial charge is 0.334 e. The second kappa shape index (κ2) is 6.17. The monoisotopic (exact) mass is 289 g/mol. The van der Waals surface area contributed by atoms with Crippen LogP contribution in [0.2, 0.25) is 0 Å². The molecule has 0 atom stereocenters. The maximum atomic E-state index is 11.9. The Bertz CT molecular complexity index is 585. The Kier molecular flexibility index (Phi) is 4.32. The minimum Gasteiger partial charge on any atom is -0.325 e. The summed E-state index contributed by atoms with van der Waals surface area (Å²) in [6, 6.07) is 7.91. The molecule has 0 unspecified atom stereocenters. The standard InChI is InChI=1S/C14H15N3O4/c1-2-8-16-12(19)13(20)17(14(16)21)9-11(18)15-10-6-4-3-5-7-10/h3-7H,2,8-9H2,1H3,(H,15,18). The van der Waals surface area contributed by atoms with E-state index in [4.69, 9.17) is 0 Å². The Morgan fingerprint density at radius 3 is 2.29 bits per heavy atom. The molecule has 1 fully saturated rings. The van der Waals surface area contributed by atoms with Gasteiger partial charge in [0, 0.05) is 12.2 Å². The van der Waals surface area contributed by atoms with E-state index in [2.05, 4.69) is 5.32 Å². The molecule has 110 valence electrons. The van der Waals surface area contributed by atoms with E-state index in [1.807, 2.05) is 0 Å². The third-order valence-corrected chi connectivity index (χ3v) is 2.94. The molecule has 0 bridgehead atoms. The number of anilines is 1. The van der Waals surface area contributed by atoms with Gasteiger partial charge in [0.2, 0.25) is 5.91 Å². The Morgan fingerprint density at radius 2 is 1.67 bits per heavy atom. The van der Waals surface area contributed by atoms with Gasteiger partial charge in [-0.2, -0.15) is 0 Å². The van der Waals surface area contributed by atoms with Gasteiger partial charge >= 0.3 is 17.8 Å². The first-order chi connectivity index (χ1) is 10.0. The Morgan fingerprint density at radius 1 is 1.05 bits per heavy atom. The van der Waals surface area contributed by atoms with Gasteiger partial charge in [0.1, 0.15) is 6.54 Å². The van der Waals surface area contributed by atoms with Crippen molar-refractivity contribution in [2.75, 3.05) is 18.4 Å². The summed E-state index contributed by atoms with van der Waals surface area (Å²) < 4.78 is 0. The van der Waals surface area contributed by atoms with Crippen LogP contribution in [0.25, 0.3) is 0 Å². The second-order valence-electron chi connectivity index (χ2n) is 4.54. The molecule has 1 aromatic rings. The van der Waals surface area contributed by atoms with E-state index in [1.165, 1.54) is 0 Å². The number of rotatable bonds is 5. The first-order valence-electron chi connectivity index (χ1n) is 6.56. The summed E-state index contributed by atoms with van der Waals surface area (Å²) in [6.07, 6.45) is 0.550. The fraction of sp³-hybridized carbons (Fsp3) is 0.286. The van der Waals surface area contributed by atoms with Gasteiger partial charge < -0.3 is 5.32 Å². The summed E-state index contributed by atoms with van der Waals surface area (Å²) in [6.45, 7) is 1.48. The summed E-state index contributed by atoms with van der Waals surface area (Å²) in [7, 11) is 0. The average Bonchev–Trinajstić information content (AvgIpc) is 2.66. The van der Waals surface area contributed by atoms with E-state index in [0.29, 0.717) is 17.0 Å². The van der Waals surface area contributed by atoms with Crippen molar-refractivity contribution in [1.29, 1.82) is 0 Å². The number of urea groups is 1. The number of benzene rings is 1. The molecule has 1 aliphatic heterocycles. The zero-order valence-corrected chi connectivity index (χ0v) is 11.5. The third-order valence-electron chi connectivity index (χ3n) is 2.94. The van der Waals surface area contributed by atoms with Crippen molar-refractivity contribution >= 4 is 29.4 Å². The maximum Gasteiger partial charge on any atom is 0.334 e. The summed E-state index contributed by atoms with van der Waals surface area (Å²) in [4.78, 5) is 48.7. The maximum absolute atomic E-state index is 11.9. The molecule has 7 heteroatoms. The number of imide groups is 2. The number of nitrogens with one attached hydrogen (secondary N) is 1. The number of nitrogens with zero attached hydrogens (tertiary/aromatic N) is 2. The van der Waals surface area contributed by atoms with Crippen LogP contribution < -0.4 is 5.32 Å². The third kappa shape index (κ3) is 3.07. The molecule has 21 heavy (non-hydrogen) atoms. The minimum atomic E-state index is -0.961. The lowest BCUT2D eigenvalue weighted by Gasteiger charge is -2.14. The Hall–Kier alpha value is -2.70. The molecule has 0 spiro atoms. The molecular weight excluding hydrogens is 274 g/mol. The molecule has 1 aliphatic rings. The van der Waals surface area contributed by atoms with Crippen molar-refractivity contribution in [2.24, 2.45) is 0 Å². The van der Waals surface area contributed by atoms with E-state index in [-0.39, 0.29) is 6.54 Å². The highest BCUT2D eigenvalue weighted by Gasteiger charge is 2.44. The number of hydrogen-bond acceptors (Lipinski definition) is 4. The summed E-state index contributed by atoms with van der Waals surface area (Å²) in [5.41, 5.74) is 0.554. The summed E-state index contributed by atoms with van der Waals surface area (Å²) >= 11 is 0. The molecular formula is C14H15N3O4. The number of amides is 5. The van der Waals surface area contributed by atoms with Crippen molar-refractivity contribution in [3.63, 3.8) is 0 Å². The molecule has 0 saturated carbocycles. The van der Waals surface area contributed by atoms with E-state index >= 15 is 0 Å². The van der Waals surface area contributed by atoms with Crippen molar-refractivity contribution in [3.8, 4) is 0 Å².